The van der Waals surface area contributed by atoms with Crippen molar-refractivity contribution >= 4 is 126 Å². The number of aromatic nitrogens is 2. The molecule has 77 heavy (non-hydrogen) atoms. The summed E-state index contributed by atoms with van der Waals surface area (Å²) in [6.45, 7) is 4.80. The van der Waals surface area contributed by atoms with E-state index < -0.39 is 0 Å². The van der Waals surface area contributed by atoms with Crippen molar-refractivity contribution in [1.29, 1.82) is 0 Å². The lowest BCUT2D eigenvalue weighted by Crippen LogP contribution is -2.30. The van der Waals surface area contributed by atoms with E-state index >= 15 is 0 Å². The summed E-state index contributed by atoms with van der Waals surface area (Å²) in [5, 5.41) is 17.1. The predicted octanol–water partition coefficient (Wildman–Crippen LogP) is 20.2. The Bertz CT molecular complexity index is 5190. The van der Waals surface area contributed by atoms with E-state index in [1.807, 2.05) is 0 Å². The molecule has 1 aliphatic rings. The summed E-state index contributed by atoms with van der Waals surface area (Å²) >= 11 is 0. The number of benzene rings is 13. The minimum absolute atomic E-state index is 0.348. The van der Waals surface area contributed by atoms with E-state index in [9.17, 15) is 0 Å². The average molecular weight is 982 g/mol. The summed E-state index contributed by atoms with van der Waals surface area (Å²) in [5.74, 6) is 0. The van der Waals surface area contributed by atoms with Gasteiger partial charge in [0.25, 0.3) is 0 Å². The van der Waals surface area contributed by atoms with Crippen LogP contribution in [0.2, 0.25) is 0 Å². The fourth-order valence-corrected chi connectivity index (χ4v) is 13.6. The highest BCUT2D eigenvalue weighted by molar-refractivity contribution is 6.28. The molecule has 1 aliphatic heterocycles. The zero-order valence-corrected chi connectivity index (χ0v) is 42.4. The molecule has 0 saturated carbocycles. The van der Waals surface area contributed by atoms with Crippen molar-refractivity contribution in [2.24, 2.45) is 0 Å². The van der Waals surface area contributed by atoms with E-state index in [-0.39, 0.29) is 5.41 Å². The van der Waals surface area contributed by atoms with Crippen molar-refractivity contribution < 1.29 is 4.42 Å². The summed E-state index contributed by atoms with van der Waals surface area (Å²) in [5.41, 5.74) is 16.7. The number of anilines is 3. The molecule has 16 aromatic rings. The predicted molar refractivity (Wildman–Crippen MR) is 325 cm³/mol. The van der Waals surface area contributed by atoms with Crippen LogP contribution in [0.3, 0.4) is 0 Å². The minimum Gasteiger partial charge on any atom is -0.456 e. The van der Waals surface area contributed by atoms with Gasteiger partial charge in [0.1, 0.15) is 11.2 Å². The van der Waals surface area contributed by atoms with Crippen LogP contribution in [-0.4, -0.2) is 9.13 Å². The first-order chi connectivity index (χ1) is 37.9. The summed E-state index contributed by atoms with van der Waals surface area (Å²) < 4.78 is 11.9. The van der Waals surface area contributed by atoms with Gasteiger partial charge in [0.15, 0.2) is 0 Å². The lowest BCUT2D eigenvalue weighted by Gasteiger charge is -2.42. The standard InChI is InChI=1S/C73H47N3O/c1-73(2)63-37-44-17-9-10-18-45(44)38-69(63)76(70-43-72-62(41-64(70)73)61-40-56-53-25-13-11-23-51(53)52-24-12-14-26-54(52)57(56)42-71(61)77-72)50-31-34-68-60(39-50)59-36-47(30-33-67(59)75(68)49-21-7-4-8-22-49)46-29-32-66-58(35-46)55-27-15-16-28-65(55)74(66)48-19-5-3-6-20-48/h3-43H,1-2H3. The molecule has 4 nitrogen and oxygen atoms in total. The quantitative estimate of drug-likeness (QED) is 0.164. The topological polar surface area (TPSA) is 26.2 Å². The molecule has 17 rings (SSSR count). The van der Waals surface area contributed by atoms with Gasteiger partial charge in [-0.3, -0.25) is 0 Å². The van der Waals surface area contributed by atoms with Gasteiger partial charge in [-0.2, -0.15) is 0 Å². The first kappa shape index (κ1) is 42.5. The number of nitrogens with zero attached hydrogens (tertiary/aromatic N) is 3. The van der Waals surface area contributed by atoms with Crippen LogP contribution in [0.5, 0.6) is 0 Å². The molecule has 3 aromatic heterocycles. The number of fused-ring (bicyclic) bond motifs is 18. The molecule has 0 aliphatic carbocycles. The number of furan rings is 1. The van der Waals surface area contributed by atoms with Gasteiger partial charge < -0.3 is 18.5 Å². The second-order valence-corrected chi connectivity index (χ2v) is 21.7. The first-order valence-electron chi connectivity index (χ1n) is 26.7. The molecule has 0 atom stereocenters. The smallest absolute Gasteiger partial charge is 0.137 e. The Hall–Kier alpha value is -9.90. The van der Waals surface area contributed by atoms with Crippen LogP contribution in [0.15, 0.2) is 253 Å². The van der Waals surface area contributed by atoms with Gasteiger partial charge in [-0.05, 0) is 168 Å². The highest BCUT2D eigenvalue weighted by Crippen LogP contribution is 2.55. The minimum atomic E-state index is -0.348. The van der Waals surface area contributed by atoms with Crippen LogP contribution < -0.4 is 4.90 Å². The summed E-state index contributed by atoms with van der Waals surface area (Å²) in [6, 6.07) is 92.1. The van der Waals surface area contributed by atoms with E-state index in [2.05, 4.69) is 277 Å². The third kappa shape index (κ3) is 5.98. The highest BCUT2D eigenvalue weighted by Gasteiger charge is 2.38. The van der Waals surface area contributed by atoms with Crippen molar-refractivity contribution in [2.75, 3.05) is 4.90 Å². The molecule has 0 unspecified atom stereocenters. The van der Waals surface area contributed by atoms with Crippen molar-refractivity contribution in [2.45, 2.75) is 19.3 Å². The molecule has 0 N–H and O–H groups in total. The lowest BCUT2D eigenvalue weighted by molar-refractivity contribution is 0.631. The number of rotatable bonds is 4. The number of hydrogen-bond donors (Lipinski definition) is 0. The SMILES string of the molecule is CC1(C)c2cc3ccccc3cc2N(c2ccc3c(c2)c2cc(-c4ccc5c(c4)c4ccccc4n5-c4ccccc4)ccc2n3-c2ccccc2)c2cc3oc4cc5c6ccccc6c6ccccc6c5cc4c3cc21. The fourth-order valence-electron chi connectivity index (χ4n) is 13.6. The number of para-hydroxylation sites is 3. The van der Waals surface area contributed by atoms with Gasteiger partial charge in [0.2, 0.25) is 0 Å². The van der Waals surface area contributed by atoms with E-state index in [0.717, 1.165) is 55.7 Å². The molecule has 360 valence electrons. The highest BCUT2D eigenvalue weighted by atomic mass is 16.3. The third-order valence-corrected chi connectivity index (χ3v) is 17.2. The maximum atomic E-state index is 7.08. The van der Waals surface area contributed by atoms with Gasteiger partial charge >= 0.3 is 0 Å². The zero-order chi connectivity index (χ0) is 50.7. The molecule has 4 heterocycles. The Balaban J connectivity index is 0.902. The van der Waals surface area contributed by atoms with Gasteiger partial charge in [0.05, 0.1) is 33.4 Å². The summed E-state index contributed by atoms with van der Waals surface area (Å²) in [4.78, 5) is 2.51. The number of hydrogen-bond acceptors (Lipinski definition) is 2. The first-order valence-corrected chi connectivity index (χ1v) is 26.7. The van der Waals surface area contributed by atoms with Gasteiger partial charge in [0, 0.05) is 60.9 Å². The maximum Gasteiger partial charge on any atom is 0.137 e. The molecule has 13 aromatic carbocycles. The van der Waals surface area contributed by atoms with Gasteiger partial charge in [-0.25, -0.2) is 0 Å². The van der Waals surface area contributed by atoms with Crippen LogP contribution in [0, 0.1) is 0 Å². The molecule has 0 spiro atoms. The van der Waals surface area contributed by atoms with Crippen LogP contribution in [0.25, 0.3) is 131 Å². The van der Waals surface area contributed by atoms with E-state index in [0.29, 0.717) is 0 Å². The van der Waals surface area contributed by atoms with Crippen LogP contribution >= 0.6 is 0 Å². The van der Waals surface area contributed by atoms with Crippen molar-refractivity contribution in [3.8, 4) is 22.5 Å². The van der Waals surface area contributed by atoms with Crippen LogP contribution in [-0.2, 0) is 5.41 Å². The van der Waals surface area contributed by atoms with E-state index in [1.54, 1.807) is 0 Å². The fraction of sp³-hybridized carbons (Fsp3) is 0.0411. The third-order valence-electron chi connectivity index (χ3n) is 17.2. The Labute approximate surface area is 443 Å². The Morgan fingerprint density at radius 1 is 0.286 bits per heavy atom. The van der Waals surface area contributed by atoms with Crippen molar-refractivity contribution in [1.82, 2.24) is 9.13 Å². The average Bonchev–Trinajstić information content (AvgIpc) is 4.36. The molecule has 0 bridgehead atoms. The molecule has 0 radical (unpaired) electrons. The lowest BCUT2D eigenvalue weighted by atomic mass is 9.72. The second kappa shape index (κ2) is 15.6. The Kier molecular flexibility index (Phi) is 8.59. The van der Waals surface area contributed by atoms with Crippen molar-refractivity contribution in [3.63, 3.8) is 0 Å². The van der Waals surface area contributed by atoms with E-state index in [1.165, 1.54) is 104 Å². The Morgan fingerprint density at radius 2 is 0.727 bits per heavy atom. The van der Waals surface area contributed by atoms with E-state index in [4.69, 9.17) is 4.42 Å². The second-order valence-electron chi connectivity index (χ2n) is 21.7. The molecule has 0 fully saturated rings. The summed E-state index contributed by atoms with van der Waals surface area (Å²) in [6.07, 6.45) is 0. The van der Waals surface area contributed by atoms with Crippen LogP contribution in [0.1, 0.15) is 25.0 Å². The van der Waals surface area contributed by atoms with Gasteiger partial charge in [-0.1, -0.05) is 153 Å². The van der Waals surface area contributed by atoms with Gasteiger partial charge in [-0.15, -0.1) is 0 Å². The molecular formula is C73H47N3O. The summed E-state index contributed by atoms with van der Waals surface area (Å²) in [7, 11) is 0. The van der Waals surface area contributed by atoms with Crippen LogP contribution in [0.4, 0.5) is 17.1 Å². The normalized spacial score (nSPS) is 13.4. The largest absolute Gasteiger partial charge is 0.456 e. The molecule has 0 saturated heterocycles. The molecule has 4 heteroatoms. The zero-order valence-electron chi connectivity index (χ0n) is 42.4. The molecular weight excluding hydrogens is 935 g/mol. The Morgan fingerprint density at radius 3 is 1.36 bits per heavy atom. The van der Waals surface area contributed by atoms with Crippen molar-refractivity contribution in [3.05, 3.63) is 260 Å². The monoisotopic (exact) mass is 981 g/mol. The maximum absolute atomic E-state index is 7.08. The molecule has 0 amide bonds.